The Bertz CT molecular complexity index is 416. The van der Waals surface area contributed by atoms with Gasteiger partial charge < -0.3 is 9.76 Å². The van der Waals surface area contributed by atoms with E-state index in [0.717, 1.165) is 10.9 Å². The van der Waals surface area contributed by atoms with Gasteiger partial charge in [0.1, 0.15) is 0 Å². The van der Waals surface area contributed by atoms with Crippen molar-refractivity contribution in [2.45, 2.75) is 0 Å². The van der Waals surface area contributed by atoms with E-state index in [2.05, 4.69) is 4.98 Å². The Morgan fingerprint density at radius 3 is 2.86 bits per heavy atom. The molecule has 0 saturated carbocycles. The van der Waals surface area contributed by atoms with E-state index in [1.165, 1.54) is 0 Å². The van der Waals surface area contributed by atoms with E-state index in [1.807, 2.05) is 30.3 Å². The van der Waals surface area contributed by atoms with Crippen molar-refractivity contribution in [3.05, 3.63) is 30.3 Å². The van der Waals surface area contributed by atoms with E-state index in [-0.39, 0.29) is 7.48 Å². The van der Waals surface area contributed by atoms with Crippen LogP contribution in [0.25, 0.3) is 10.9 Å². The number of para-hydroxylation sites is 1. The minimum Gasteiger partial charge on any atom is -0.481 e. The molecule has 0 atom stereocenters. The summed E-state index contributed by atoms with van der Waals surface area (Å²) in [4.78, 5) is 4.28. The highest BCUT2D eigenvalue weighted by Gasteiger charge is 2.06. The molecule has 0 saturated heterocycles. The maximum atomic E-state index is 9.09. The van der Waals surface area contributed by atoms with Crippen molar-refractivity contribution in [1.29, 1.82) is 0 Å². The summed E-state index contributed by atoms with van der Waals surface area (Å²) < 4.78 is 5.07. The highest BCUT2D eigenvalue weighted by molar-refractivity contribution is 6.47. The fourth-order valence-corrected chi connectivity index (χ4v) is 1.43. The summed E-state index contributed by atoms with van der Waals surface area (Å²) in [6.07, 6.45) is 0. The molecule has 1 aromatic carbocycles. The Morgan fingerprint density at radius 1 is 1.36 bits per heavy atom. The molecule has 2 rings (SSSR count). The molecule has 0 aliphatic heterocycles. The van der Waals surface area contributed by atoms with E-state index in [4.69, 9.17) is 9.76 Å². The van der Waals surface area contributed by atoms with Crippen LogP contribution >= 0.6 is 0 Å². The minimum absolute atomic E-state index is 0.0546. The first kappa shape index (κ1) is 9.03. The van der Waals surface area contributed by atoms with Gasteiger partial charge in [0, 0.05) is 5.46 Å². The van der Waals surface area contributed by atoms with E-state index < -0.39 is 0 Å². The zero-order chi connectivity index (χ0) is 9.97. The fourth-order valence-electron chi connectivity index (χ4n) is 1.43. The molecule has 1 aromatic heterocycles. The van der Waals surface area contributed by atoms with Crippen LogP contribution in [0.2, 0.25) is 0 Å². The number of hydrogen-bond donors (Lipinski definition) is 1. The molecule has 0 radical (unpaired) electrons. The molecule has 4 heteroatoms. The van der Waals surface area contributed by atoms with Gasteiger partial charge in [-0.15, -0.1) is 0 Å². The summed E-state index contributed by atoms with van der Waals surface area (Å²) in [5.74, 6) is 0.492. The molecule has 0 unspecified atom stereocenters. The number of benzene rings is 1. The topological polar surface area (TPSA) is 42.4 Å². The second kappa shape index (κ2) is 3.68. The van der Waals surface area contributed by atoms with Crippen LogP contribution in [0.4, 0.5) is 0 Å². The maximum absolute atomic E-state index is 9.09. The predicted molar refractivity (Wildman–Crippen MR) is 57.3 cm³/mol. The third-order valence-corrected chi connectivity index (χ3v) is 2.13. The fraction of sp³-hybridized carbons (Fsp3) is 0.100. The van der Waals surface area contributed by atoms with Gasteiger partial charge >= 0.3 is 7.48 Å². The van der Waals surface area contributed by atoms with Crippen LogP contribution in [0.1, 0.15) is 0 Å². The van der Waals surface area contributed by atoms with E-state index in [9.17, 15) is 0 Å². The largest absolute Gasteiger partial charge is 0.481 e. The molecule has 0 fully saturated rings. The molecule has 0 bridgehead atoms. The number of ether oxygens (including phenoxy) is 1. The van der Waals surface area contributed by atoms with Crippen LogP contribution in [0.5, 0.6) is 5.88 Å². The summed E-state index contributed by atoms with van der Waals surface area (Å²) in [5.41, 5.74) is 1.59. The normalized spacial score (nSPS) is 10.1. The van der Waals surface area contributed by atoms with Crippen molar-refractivity contribution in [2.75, 3.05) is 7.11 Å². The van der Waals surface area contributed by atoms with E-state index in [0.29, 0.717) is 11.3 Å². The molecule has 2 aromatic rings. The molecule has 0 amide bonds. The lowest BCUT2D eigenvalue weighted by Gasteiger charge is -2.05. The second-order valence-corrected chi connectivity index (χ2v) is 3.01. The molecular weight excluding hydrogens is 177 g/mol. The summed E-state index contributed by atoms with van der Waals surface area (Å²) in [5, 5.41) is 10.1. The number of methoxy groups -OCH3 is 1. The molecular formula is C10H10BNO2. The van der Waals surface area contributed by atoms with Crippen LogP contribution in [0.3, 0.4) is 0 Å². The zero-order valence-electron chi connectivity index (χ0n) is 7.90. The third-order valence-electron chi connectivity index (χ3n) is 2.13. The third kappa shape index (κ3) is 1.44. The number of nitrogens with zero attached hydrogens (tertiary/aromatic N) is 1. The van der Waals surface area contributed by atoms with Gasteiger partial charge in [0.05, 0.1) is 12.6 Å². The Labute approximate surface area is 82.6 Å². The molecule has 70 valence electrons. The minimum atomic E-state index is -0.0546. The van der Waals surface area contributed by atoms with Crippen LogP contribution in [-0.2, 0) is 0 Å². The standard InChI is InChI=1S/C10H10BNO2/c1-14-10-8(11-13)6-7-4-2-3-5-9(7)12-10/h2-6,11,13H,1H3. The lowest BCUT2D eigenvalue weighted by atomic mass is 9.89. The van der Waals surface area contributed by atoms with Gasteiger partial charge in [-0.1, -0.05) is 24.3 Å². The van der Waals surface area contributed by atoms with Gasteiger partial charge in [-0.25, -0.2) is 4.98 Å². The van der Waals surface area contributed by atoms with Crippen molar-refractivity contribution >= 4 is 23.8 Å². The van der Waals surface area contributed by atoms with Crippen molar-refractivity contribution < 1.29 is 9.76 Å². The van der Waals surface area contributed by atoms with Gasteiger partial charge in [-0.2, -0.15) is 0 Å². The van der Waals surface area contributed by atoms with Gasteiger partial charge in [0.2, 0.25) is 5.88 Å². The van der Waals surface area contributed by atoms with Gasteiger partial charge in [-0.3, -0.25) is 0 Å². The summed E-state index contributed by atoms with van der Waals surface area (Å²) in [6, 6.07) is 9.63. The van der Waals surface area contributed by atoms with Gasteiger partial charge in [-0.05, 0) is 11.5 Å². The molecule has 1 heterocycles. The van der Waals surface area contributed by atoms with Crippen LogP contribution in [-0.4, -0.2) is 24.6 Å². The Hall–Kier alpha value is -1.55. The zero-order valence-corrected chi connectivity index (χ0v) is 7.90. The first-order chi connectivity index (χ1) is 6.85. The Kier molecular flexibility index (Phi) is 2.37. The number of hydrogen-bond acceptors (Lipinski definition) is 3. The molecule has 0 spiro atoms. The average Bonchev–Trinajstić information content (AvgIpc) is 2.27. The Morgan fingerprint density at radius 2 is 2.14 bits per heavy atom. The molecule has 0 aliphatic rings. The highest BCUT2D eigenvalue weighted by Crippen LogP contribution is 2.13. The monoisotopic (exact) mass is 187 g/mol. The first-order valence-electron chi connectivity index (χ1n) is 4.38. The second-order valence-electron chi connectivity index (χ2n) is 3.01. The average molecular weight is 187 g/mol. The molecule has 3 nitrogen and oxygen atoms in total. The summed E-state index contributed by atoms with van der Waals surface area (Å²) in [6.45, 7) is 0. The first-order valence-corrected chi connectivity index (χ1v) is 4.38. The Balaban J connectivity index is 2.69. The smallest absolute Gasteiger partial charge is 0.310 e. The number of fused-ring (bicyclic) bond motifs is 1. The highest BCUT2D eigenvalue weighted by atomic mass is 16.5. The predicted octanol–water partition coefficient (Wildman–Crippen LogP) is 0.212. The lowest BCUT2D eigenvalue weighted by molar-refractivity contribution is 0.402. The summed E-state index contributed by atoms with van der Waals surface area (Å²) >= 11 is 0. The number of pyridine rings is 1. The van der Waals surface area contributed by atoms with Crippen LogP contribution < -0.4 is 10.2 Å². The van der Waals surface area contributed by atoms with E-state index >= 15 is 0 Å². The number of aromatic nitrogens is 1. The quantitative estimate of drug-likeness (QED) is 0.683. The summed E-state index contributed by atoms with van der Waals surface area (Å²) in [7, 11) is 1.50. The molecule has 1 N–H and O–H groups in total. The van der Waals surface area contributed by atoms with Crippen LogP contribution in [0.15, 0.2) is 30.3 Å². The maximum Gasteiger partial charge on any atom is 0.310 e. The van der Waals surface area contributed by atoms with Gasteiger partial charge in [0.25, 0.3) is 0 Å². The lowest BCUT2D eigenvalue weighted by Crippen LogP contribution is -2.17. The SMILES string of the molecule is COc1nc2ccccc2cc1BO. The van der Waals surface area contributed by atoms with Crippen molar-refractivity contribution in [3.63, 3.8) is 0 Å². The molecule has 0 aliphatic carbocycles. The van der Waals surface area contributed by atoms with Gasteiger partial charge in [0.15, 0.2) is 0 Å². The van der Waals surface area contributed by atoms with Crippen molar-refractivity contribution in [1.82, 2.24) is 4.98 Å². The van der Waals surface area contributed by atoms with E-state index in [1.54, 1.807) is 7.11 Å². The molecule has 14 heavy (non-hydrogen) atoms. The number of rotatable bonds is 2. The van der Waals surface area contributed by atoms with Crippen molar-refractivity contribution in [3.8, 4) is 5.88 Å². The van der Waals surface area contributed by atoms with Crippen LogP contribution in [0, 0.1) is 0 Å². The van der Waals surface area contributed by atoms with Crippen molar-refractivity contribution in [2.24, 2.45) is 0 Å².